The maximum absolute atomic E-state index is 2.38. The number of fused-ring (bicyclic) bond motifs is 18. The predicted molar refractivity (Wildman–Crippen MR) is 576 cm³/mol. The van der Waals surface area contributed by atoms with Crippen molar-refractivity contribution in [1.82, 2.24) is 13.7 Å². The van der Waals surface area contributed by atoms with E-state index in [2.05, 4.69) is 492 Å². The van der Waals surface area contributed by atoms with Crippen molar-refractivity contribution in [3.05, 3.63) is 476 Å². The summed E-state index contributed by atoms with van der Waals surface area (Å²) in [6, 6.07) is 157. The number of hydrogen-bond acceptors (Lipinski definition) is 3. The number of para-hydroxylation sites is 6. The third-order valence-electron chi connectivity index (χ3n) is 26.4. The maximum Gasteiger partial charge on any atom is 0.0543 e. The number of aromatic nitrogens is 3. The van der Waals surface area contributed by atoms with Gasteiger partial charge in [-0.15, -0.1) is 34.0 Å². The molecular weight excluding hydrogens is 1650 g/mol. The Balaban J connectivity index is 0.0000000959. The molecule has 0 saturated heterocycles. The van der Waals surface area contributed by atoms with Crippen LogP contribution in [0.25, 0.3) is 188 Å². The first-order chi connectivity index (χ1) is 65.0. The Morgan fingerprint density at radius 3 is 1.10 bits per heavy atom. The van der Waals surface area contributed by atoms with E-state index in [0.717, 1.165) is 5.92 Å². The van der Waals surface area contributed by atoms with E-state index < -0.39 is 0 Å². The number of aryl methyl sites for hydroxylation is 6. The van der Waals surface area contributed by atoms with Crippen LogP contribution < -0.4 is 0 Å². The Bertz CT molecular complexity index is 8440. The van der Waals surface area contributed by atoms with E-state index in [-0.39, 0.29) is 0 Å². The molecule has 3 nitrogen and oxygen atoms in total. The fourth-order valence-corrected chi connectivity index (χ4v) is 24.2. The van der Waals surface area contributed by atoms with Gasteiger partial charge in [-0.3, -0.25) is 0 Å². The Hall–Kier alpha value is -14.8. The first-order valence-corrected chi connectivity index (χ1v) is 48.7. The lowest BCUT2D eigenvalue weighted by atomic mass is 9.84. The lowest BCUT2D eigenvalue weighted by Crippen LogP contribution is -2.04. The Morgan fingerprint density at radius 2 is 0.538 bits per heavy atom. The molecule has 19 aromatic carbocycles. The number of benzene rings is 19. The second-order valence-electron chi connectivity index (χ2n) is 35.0. The van der Waals surface area contributed by atoms with E-state index >= 15 is 0 Å². The van der Waals surface area contributed by atoms with E-state index in [1.54, 1.807) is 10.3 Å². The Labute approximate surface area is 784 Å². The Morgan fingerprint density at radius 1 is 0.197 bits per heavy atom. The summed E-state index contributed by atoms with van der Waals surface area (Å²) in [5.74, 6) is 0.792. The van der Waals surface area contributed by atoms with Crippen molar-refractivity contribution in [3.8, 4) is 61.6 Å². The molecule has 0 amide bonds. The van der Waals surface area contributed by atoms with E-state index in [0.29, 0.717) is 0 Å². The molecule has 132 heavy (non-hydrogen) atoms. The van der Waals surface area contributed by atoms with Gasteiger partial charge in [0.05, 0.1) is 33.1 Å². The normalized spacial score (nSPS) is 12.1. The van der Waals surface area contributed by atoms with Crippen LogP contribution in [0.15, 0.2) is 437 Å². The van der Waals surface area contributed by atoms with Crippen molar-refractivity contribution >= 4 is 160 Å². The second-order valence-corrected chi connectivity index (χ2v) is 38.1. The molecule has 26 rings (SSSR count). The fourth-order valence-electron chi connectivity index (χ4n) is 20.1. The van der Waals surface area contributed by atoms with Crippen molar-refractivity contribution in [3.63, 3.8) is 0 Å². The number of rotatable bonds is 8. The summed E-state index contributed by atoms with van der Waals surface area (Å²) in [6.07, 6.45) is 7.01. The van der Waals surface area contributed by atoms with Gasteiger partial charge in [0.2, 0.25) is 0 Å². The SMILES string of the molecule is Cc1ccc2c(c1)c1ccccc1n2-c1ccccc1.Cc1ccc2c3ccccc3n(-c3ccccc3)c2c1.Cc1cccc(-c2cccc3c2sc2c(-c4ccccc4)cccc23)c1.Cc1cccc2c1c1ccccc1n2-c1ccccc1.Cc1cccc2c1sc1c(C3CCCCC3)cccc12.Cc1ccccc1-c1cccc2c1sc1c(-c3ccccc3)cccc12. The van der Waals surface area contributed by atoms with Gasteiger partial charge in [0.15, 0.2) is 0 Å². The molecule has 0 unspecified atom stereocenters. The molecule has 0 atom stereocenters. The van der Waals surface area contributed by atoms with Crippen LogP contribution in [0.2, 0.25) is 0 Å². The van der Waals surface area contributed by atoms with Gasteiger partial charge in [-0.25, -0.2) is 0 Å². The minimum Gasteiger partial charge on any atom is -0.309 e. The van der Waals surface area contributed by atoms with Crippen molar-refractivity contribution in [2.75, 3.05) is 0 Å². The third-order valence-corrected chi connectivity index (χ3v) is 30.4. The minimum absolute atomic E-state index is 0.792. The largest absolute Gasteiger partial charge is 0.309 e. The van der Waals surface area contributed by atoms with Crippen LogP contribution >= 0.6 is 34.0 Å². The highest BCUT2D eigenvalue weighted by Crippen LogP contribution is 2.49. The molecule has 25 aromatic rings. The summed E-state index contributed by atoms with van der Waals surface area (Å²) >= 11 is 5.83. The molecule has 0 N–H and O–H groups in total. The topological polar surface area (TPSA) is 14.8 Å². The molecule has 0 radical (unpaired) electrons. The van der Waals surface area contributed by atoms with Crippen LogP contribution in [0, 0.1) is 41.5 Å². The van der Waals surface area contributed by atoms with Crippen molar-refractivity contribution in [1.29, 1.82) is 0 Å². The maximum atomic E-state index is 2.38. The lowest BCUT2D eigenvalue weighted by molar-refractivity contribution is 0.446. The molecule has 0 aliphatic heterocycles. The van der Waals surface area contributed by atoms with Gasteiger partial charge in [0.25, 0.3) is 0 Å². The summed E-state index contributed by atoms with van der Waals surface area (Å²) in [5.41, 5.74) is 31.3. The van der Waals surface area contributed by atoms with Gasteiger partial charge in [-0.1, -0.05) is 388 Å². The van der Waals surface area contributed by atoms with Gasteiger partial charge in [0, 0.05) is 110 Å². The van der Waals surface area contributed by atoms with Gasteiger partial charge < -0.3 is 13.7 Å². The van der Waals surface area contributed by atoms with E-state index in [1.165, 1.54) is 248 Å². The molecule has 6 heteroatoms. The van der Waals surface area contributed by atoms with Crippen LogP contribution in [0.4, 0.5) is 0 Å². The van der Waals surface area contributed by atoms with E-state index in [1.807, 2.05) is 34.0 Å². The summed E-state index contributed by atoms with van der Waals surface area (Å²) in [6.45, 7) is 13.1. The van der Waals surface area contributed by atoms with Gasteiger partial charge in [-0.2, -0.15) is 0 Å². The van der Waals surface area contributed by atoms with Crippen molar-refractivity contribution < 1.29 is 0 Å². The zero-order valence-electron chi connectivity index (χ0n) is 75.2. The number of thiophene rings is 3. The van der Waals surface area contributed by atoms with Crippen LogP contribution in [-0.4, -0.2) is 13.7 Å². The average molecular weight is 1750 g/mol. The zero-order valence-corrected chi connectivity index (χ0v) is 77.7. The molecule has 6 heterocycles. The molecule has 1 saturated carbocycles. The van der Waals surface area contributed by atoms with Crippen LogP contribution in [0.5, 0.6) is 0 Å². The van der Waals surface area contributed by atoms with Crippen molar-refractivity contribution in [2.45, 2.75) is 79.6 Å². The highest BCUT2D eigenvalue weighted by molar-refractivity contribution is 7.27. The first kappa shape index (κ1) is 84.1. The van der Waals surface area contributed by atoms with Crippen LogP contribution in [0.3, 0.4) is 0 Å². The predicted octanol–water partition coefficient (Wildman–Crippen LogP) is 37.1. The summed E-state index contributed by atoms with van der Waals surface area (Å²) in [5, 5.41) is 16.3. The molecular formula is C126H101N3S3. The van der Waals surface area contributed by atoms with Crippen LogP contribution in [0.1, 0.15) is 77.0 Å². The molecule has 1 aliphatic rings. The molecule has 0 bridgehead atoms. The highest BCUT2D eigenvalue weighted by Gasteiger charge is 2.23. The smallest absolute Gasteiger partial charge is 0.0543 e. The fraction of sp³-hybridized carbons (Fsp3) is 0.0952. The number of nitrogens with zero attached hydrogens (tertiary/aromatic N) is 3. The second kappa shape index (κ2) is 37.4. The van der Waals surface area contributed by atoms with Crippen molar-refractivity contribution in [2.24, 2.45) is 0 Å². The highest BCUT2D eigenvalue weighted by atomic mass is 32.1. The standard InChI is InChI=1S/2C25H18S.3C19H15N.C19H20S/c1-17-8-5-11-19(16-17)21-13-7-15-23-22-14-6-12-20(24(22)26-25(21)23)18-9-3-2-4-10-18;1-17-9-5-6-12-19(17)21-14-8-16-23-22-15-7-13-20(24(22)26-25(21)23)18-10-3-2-4-11-18;1-14-8-7-13-18-19(14)16-11-5-6-12-17(16)20(18)15-9-3-2-4-10-15;1-14-11-12-19-17(13-14)16-9-5-6-10-18(16)20(19)15-7-3-2-4-8-15;1-14-11-12-17-16-9-5-6-10-18(16)20(19(17)13-14)15-7-3-2-4-8-15;1-13-7-5-11-16-17-12-6-10-15(19(17)20-18(13)16)14-8-3-2-4-9-14/h2*2-16H,1H3;3*2-13H,1H3;5-7,10-12,14H,2-4,8-9H2,1H3. The number of hydrogen-bond donors (Lipinski definition) is 0. The molecule has 6 aromatic heterocycles. The molecule has 638 valence electrons. The first-order valence-electron chi connectivity index (χ1n) is 46.2. The molecule has 0 spiro atoms. The summed E-state index contributed by atoms with van der Waals surface area (Å²) < 4.78 is 15.5. The minimum atomic E-state index is 0.792. The van der Waals surface area contributed by atoms with Crippen LogP contribution in [-0.2, 0) is 0 Å². The molecule has 1 aliphatic carbocycles. The van der Waals surface area contributed by atoms with Gasteiger partial charge >= 0.3 is 0 Å². The van der Waals surface area contributed by atoms with Gasteiger partial charge in [-0.05, 0) is 211 Å². The Kier molecular flexibility index (Phi) is 23.8. The summed E-state index contributed by atoms with van der Waals surface area (Å²) in [7, 11) is 0. The quantitative estimate of drug-likeness (QED) is 0.144. The summed E-state index contributed by atoms with van der Waals surface area (Å²) in [4.78, 5) is 0. The monoisotopic (exact) mass is 1750 g/mol. The van der Waals surface area contributed by atoms with E-state index in [9.17, 15) is 0 Å². The average Bonchev–Trinajstić information content (AvgIpc) is 2.52. The lowest BCUT2D eigenvalue weighted by Gasteiger charge is -2.22. The third kappa shape index (κ3) is 16.4. The molecule has 1 fully saturated rings. The van der Waals surface area contributed by atoms with Gasteiger partial charge in [0.1, 0.15) is 0 Å². The zero-order chi connectivity index (χ0) is 89.1. The van der Waals surface area contributed by atoms with E-state index in [4.69, 9.17) is 0 Å².